The van der Waals surface area contributed by atoms with E-state index in [1.165, 1.54) is 6.42 Å². The number of H-pyrrole nitrogens is 1. The van der Waals surface area contributed by atoms with Gasteiger partial charge in [-0.05, 0) is 43.9 Å². The summed E-state index contributed by atoms with van der Waals surface area (Å²) in [4.78, 5) is 19.3. The molecule has 1 aromatic carbocycles. The van der Waals surface area contributed by atoms with Crippen LogP contribution in [0.5, 0.6) is 5.75 Å². The van der Waals surface area contributed by atoms with Crippen molar-refractivity contribution in [3.8, 4) is 5.75 Å². The van der Waals surface area contributed by atoms with Crippen molar-refractivity contribution in [3.05, 3.63) is 60.0 Å². The number of hydrogen-bond donors (Lipinski definition) is 4. The summed E-state index contributed by atoms with van der Waals surface area (Å²) in [6.45, 7) is 2.52. The van der Waals surface area contributed by atoms with Gasteiger partial charge in [0.1, 0.15) is 5.75 Å². The third-order valence-corrected chi connectivity index (χ3v) is 6.59. The highest BCUT2D eigenvalue weighted by atomic mass is 16.5. The van der Waals surface area contributed by atoms with Crippen LogP contribution in [0.4, 0.5) is 0 Å². The van der Waals surface area contributed by atoms with Crippen LogP contribution in [0.15, 0.2) is 48.9 Å². The smallest absolute Gasteiger partial charge is 0.345 e. The van der Waals surface area contributed by atoms with Crippen molar-refractivity contribution in [2.24, 2.45) is 5.92 Å². The lowest BCUT2D eigenvalue weighted by Gasteiger charge is -2.28. The van der Waals surface area contributed by atoms with Crippen molar-refractivity contribution >= 4 is 16.9 Å². The molecule has 0 unspecified atom stereocenters. The van der Waals surface area contributed by atoms with Crippen LogP contribution in [0, 0.1) is 5.92 Å². The molecule has 2 aromatic heterocycles. The number of fused-ring (bicyclic) bond motifs is 1. The lowest BCUT2D eigenvalue weighted by molar-refractivity contribution is -0.148. The number of nitrogens with zero attached hydrogens (tertiary/aromatic N) is 1. The van der Waals surface area contributed by atoms with Crippen LogP contribution < -0.4 is 10.1 Å². The summed E-state index contributed by atoms with van der Waals surface area (Å²) in [5.41, 5.74) is 2.74. The normalized spacial score (nSPS) is 17.5. The summed E-state index contributed by atoms with van der Waals surface area (Å²) in [6, 6.07) is 9.60. The Morgan fingerprint density at radius 2 is 2.06 bits per heavy atom. The van der Waals surface area contributed by atoms with E-state index in [2.05, 4.69) is 22.2 Å². The minimum absolute atomic E-state index is 0.0522. The van der Waals surface area contributed by atoms with Gasteiger partial charge < -0.3 is 25.3 Å². The number of carboxylic acid groups (broad SMARTS) is 1. The molecule has 33 heavy (non-hydrogen) atoms. The van der Waals surface area contributed by atoms with E-state index in [1.54, 1.807) is 12.4 Å². The average Bonchev–Trinajstić information content (AvgIpc) is 3.25. The quantitative estimate of drug-likeness (QED) is 0.367. The standard InChI is InChI=1S/C26H33N3O4/c1-17(28-16-22(30)19-9-6-12-27-14-19)13-20-15-29-24-21(20)10-5-11-23(24)33-25(26(31)32)18-7-3-2-4-8-18/h5-6,9-12,14-15,17-18,22,25,28-30H,2-4,7-8,13,16H2,1H3,(H,31,32)/t17-,22+,25+/m1/s1. The molecule has 4 rings (SSSR count). The third-order valence-electron chi connectivity index (χ3n) is 6.59. The number of carboxylic acids is 1. The van der Waals surface area contributed by atoms with E-state index in [-0.39, 0.29) is 12.0 Å². The van der Waals surface area contributed by atoms with E-state index in [0.29, 0.717) is 12.3 Å². The van der Waals surface area contributed by atoms with Gasteiger partial charge in [0.2, 0.25) is 0 Å². The minimum atomic E-state index is -0.893. The van der Waals surface area contributed by atoms with Crippen molar-refractivity contribution in [1.29, 1.82) is 0 Å². The number of aromatic nitrogens is 2. The second-order valence-corrected chi connectivity index (χ2v) is 9.08. The maximum atomic E-state index is 12.0. The molecule has 3 atom stereocenters. The number of aliphatic hydroxyl groups is 1. The van der Waals surface area contributed by atoms with Gasteiger partial charge in [-0.1, -0.05) is 37.5 Å². The molecule has 0 spiro atoms. The van der Waals surface area contributed by atoms with Crippen LogP contribution >= 0.6 is 0 Å². The number of benzene rings is 1. The van der Waals surface area contributed by atoms with Gasteiger partial charge >= 0.3 is 5.97 Å². The molecular weight excluding hydrogens is 418 g/mol. The first-order valence-electron chi connectivity index (χ1n) is 11.8. The van der Waals surface area contributed by atoms with Gasteiger partial charge in [0.15, 0.2) is 6.10 Å². The fourth-order valence-corrected chi connectivity index (χ4v) is 4.78. The Hall–Kier alpha value is -2.90. The molecule has 1 saturated carbocycles. The second-order valence-electron chi connectivity index (χ2n) is 9.08. The molecule has 2 heterocycles. The Bertz CT molecular complexity index is 1050. The summed E-state index contributed by atoms with van der Waals surface area (Å²) < 4.78 is 6.09. The van der Waals surface area contributed by atoms with Crippen molar-refractivity contribution in [2.45, 2.75) is 63.7 Å². The molecule has 176 valence electrons. The lowest BCUT2D eigenvalue weighted by atomic mass is 9.85. The first-order chi connectivity index (χ1) is 16.0. The zero-order chi connectivity index (χ0) is 23.2. The highest BCUT2D eigenvalue weighted by Gasteiger charge is 2.32. The highest BCUT2D eigenvalue weighted by molar-refractivity contribution is 5.88. The number of nitrogens with one attached hydrogen (secondary N) is 2. The van der Waals surface area contributed by atoms with Crippen LogP contribution in [0.1, 0.15) is 56.3 Å². The summed E-state index contributed by atoms with van der Waals surface area (Å²) in [5.74, 6) is -0.253. The molecule has 0 radical (unpaired) electrons. The van der Waals surface area contributed by atoms with Crippen molar-refractivity contribution in [3.63, 3.8) is 0 Å². The summed E-state index contributed by atoms with van der Waals surface area (Å²) in [5, 5.41) is 24.6. The van der Waals surface area contributed by atoms with Crippen molar-refractivity contribution in [2.75, 3.05) is 6.54 Å². The van der Waals surface area contributed by atoms with Crippen molar-refractivity contribution < 1.29 is 19.7 Å². The zero-order valence-electron chi connectivity index (χ0n) is 19.0. The minimum Gasteiger partial charge on any atom is -0.478 e. The van der Waals surface area contributed by atoms with Gasteiger partial charge in [-0.3, -0.25) is 4.98 Å². The van der Waals surface area contributed by atoms with E-state index < -0.39 is 18.2 Å². The van der Waals surface area contributed by atoms with E-state index in [1.807, 2.05) is 36.5 Å². The molecule has 0 aliphatic heterocycles. The monoisotopic (exact) mass is 451 g/mol. The highest BCUT2D eigenvalue weighted by Crippen LogP contribution is 2.33. The first-order valence-corrected chi connectivity index (χ1v) is 11.8. The number of ether oxygens (including phenoxy) is 1. The van der Waals surface area contributed by atoms with Crippen LogP contribution in [0.25, 0.3) is 10.9 Å². The van der Waals surface area contributed by atoms with Crippen LogP contribution in [-0.4, -0.2) is 44.8 Å². The molecule has 0 bridgehead atoms. The first kappa shape index (κ1) is 23.3. The van der Waals surface area contributed by atoms with E-state index >= 15 is 0 Å². The third kappa shape index (κ3) is 5.72. The summed E-state index contributed by atoms with van der Waals surface area (Å²) in [6.07, 6.45) is 9.75. The van der Waals surface area contributed by atoms with E-state index in [9.17, 15) is 15.0 Å². The number of hydrogen-bond acceptors (Lipinski definition) is 5. The van der Waals surface area contributed by atoms with Gasteiger partial charge in [0.25, 0.3) is 0 Å². The lowest BCUT2D eigenvalue weighted by Crippen LogP contribution is -2.36. The van der Waals surface area contributed by atoms with Gasteiger partial charge in [0, 0.05) is 48.0 Å². The molecule has 4 N–H and O–H groups in total. The molecule has 1 fully saturated rings. The van der Waals surface area contributed by atoms with E-state index in [4.69, 9.17) is 4.74 Å². The second kappa shape index (κ2) is 10.8. The fraction of sp³-hybridized carbons (Fsp3) is 0.462. The predicted octanol–water partition coefficient (Wildman–Crippen LogP) is 4.23. The molecule has 1 aliphatic rings. The predicted molar refractivity (Wildman–Crippen MR) is 127 cm³/mol. The van der Waals surface area contributed by atoms with Crippen LogP contribution in [0.2, 0.25) is 0 Å². The number of aliphatic hydroxyl groups excluding tert-OH is 1. The van der Waals surface area contributed by atoms with Crippen molar-refractivity contribution in [1.82, 2.24) is 15.3 Å². The number of aromatic amines is 1. The number of pyridine rings is 1. The fourth-order valence-electron chi connectivity index (χ4n) is 4.78. The van der Waals surface area contributed by atoms with Gasteiger partial charge in [-0.2, -0.15) is 0 Å². The van der Waals surface area contributed by atoms with Crippen LogP contribution in [0.3, 0.4) is 0 Å². The Morgan fingerprint density at radius 1 is 1.24 bits per heavy atom. The summed E-state index contributed by atoms with van der Waals surface area (Å²) in [7, 11) is 0. The van der Waals surface area contributed by atoms with Gasteiger partial charge in [0.05, 0.1) is 11.6 Å². The topological polar surface area (TPSA) is 107 Å². The zero-order valence-corrected chi connectivity index (χ0v) is 19.0. The van der Waals surface area contributed by atoms with Crippen LogP contribution in [-0.2, 0) is 11.2 Å². The average molecular weight is 452 g/mol. The molecule has 0 saturated heterocycles. The molecule has 0 amide bonds. The molecule has 7 nitrogen and oxygen atoms in total. The maximum Gasteiger partial charge on any atom is 0.345 e. The molecule has 7 heteroatoms. The largest absolute Gasteiger partial charge is 0.478 e. The SMILES string of the molecule is C[C@H](Cc1c[nH]c2c(O[C@H](C(=O)O)C3CCCCC3)cccc12)NC[C@H](O)c1cccnc1. The van der Waals surface area contributed by atoms with E-state index in [0.717, 1.165) is 54.1 Å². The molecular formula is C26H33N3O4. The van der Waals surface area contributed by atoms with Gasteiger partial charge in [-0.15, -0.1) is 0 Å². The Labute approximate surface area is 194 Å². The summed E-state index contributed by atoms with van der Waals surface area (Å²) >= 11 is 0. The molecule has 3 aromatic rings. The Kier molecular flexibility index (Phi) is 7.62. The number of rotatable bonds is 10. The van der Waals surface area contributed by atoms with Gasteiger partial charge in [-0.25, -0.2) is 4.79 Å². The number of para-hydroxylation sites is 1. The number of aliphatic carboxylic acids is 1. The Morgan fingerprint density at radius 3 is 2.79 bits per heavy atom. The Balaban J connectivity index is 1.42. The molecule has 1 aliphatic carbocycles. The number of carbonyl (C=O) groups is 1. The maximum absolute atomic E-state index is 12.0.